The van der Waals surface area contributed by atoms with E-state index < -0.39 is 17.7 Å². The van der Waals surface area contributed by atoms with E-state index in [1.807, 2.05) is 30.3 Å². The van der Waals surface area contributed by atoms with Gasteiger partial charge in [0, 0.05) is 19.2 Å². The third kappa shape index (κ3) is 4.65. The van der Waals surface area contributed by atoms with Crippen molar-refractivity contribution in [2.75, 3.05) is 27.4 Å². The summed E-state index contributed by atoms with van der Waals surface area (Å²) in [5.74, 6) is 0.131. The van der Waals surface area contributed by atoms with Crippen LogP contribution >= 0.6 is 0 Å². The number of methoxy groups -OCH3 is 2. The number of aliphatic hydroxyl groups is 1. The first kappa shape index (κ1) is 23.1. The van der Waals surface area contributed by atoms with E-state index in [2.05, 4.69) is 0 Å². The van der Waals surface area contributed by atoms with E-state index in [-0.39, 0.29) is 24.5 Å². The van der Waals surface area contributed by atoms with Crippen LogP contribution in [0.25, 0.3) is 5.76 Å². The van der Waals surface area contributed by atoms with Gasteiger partial charge in [-0.3, -0.25) is 9.59 Å². The fraction of sp³-hybridized carbons (Fsp3) is 0.185. The maximum atomic E-state index is 13.1. The molecular weight excluding hydrogens is 434 g/mol. The summed E-state index contributed by atoms with van der Waals surface area (Å²) < 4.78 is 16.3. The SMILES string of the molecule is COCCN1C(=O)C(=O)/C(=C(/O)c2ccc(OC)cc2)C1c1cccc(Oc2ccccc2)c1. The molecule has 1 amide bonds. The third-order valence-electron chi connectivity index (χ3n) is 5.59. The van der Waals surface area contributed by atoms with Crippen molar-refractivity contribution in [1.82, 2.24) is 4.90 Å². The molecule has 1 fully saturated rings. The number of Topliss-reactive ketones (excluding diaryl/α,β-unsaturated/α-hetero) is 1. The number of ketones is 1. The van der Waals surface area contributed by atoms with Crippen molar-refractivity contribution < 1.29 is 28.9 Å². The Morgan fingerprint density at radius 2 is 1.59 bits per heavy atom. The van der Waals surface area contributed by atoms with Crippen LogP contribution in [0, 0.1) is 0 Å². The number of benzene rings is 3. The number of hydrogen-bond donors (Lipinski definition) is 1. The minimum Gasteiger partial charge on any atom is -0.507 e. The number of nitrogens with zero attached hydrogens (tertiary/aromatic N) is 1. The van der Waals surface area contributed by atoms with Crippen molar-refractivity contribution in [3.8, 4) is 17.2 Å². The number of ether oxygens (including phenoxy) is 3. The Kier molecular flexibility index (Phi) is 6.94. The summed E-state index contributed by atoms with van der Waals surface area (Å²) in [6.45, 7) is 0.432. The Bertz CT molecular complexity index is 1200. The van der Waals surface area contributed by atoms with E-state index >= 15 is 0 Å². The molecule has 174 valence electrons. The zero-order valence-corrected chi connectivity index (χ0v) is 18.9. The Hall–Kier alpha value is -4.10. The second kappa shape index (κ2) is 10.2. The van der Waals surface area contributed by atoms with Crippen LogP contribution in [0.2, 0.25) is 0 Å². The second-order valence-corrected chi connectivity index (χ2v) is 7.70. The van der Waals surface area contributed by atoms with Gasteiger partial charge in [-0.25, -0.2) is 0 Å². The summed E-state index contributed by atoms with van der Waals surface area (Å²) >= 11 is 0. The number of para-hydroxylation sites is 1. The Morgan fingerprint density at radius 1 is 0.882 bits per heavy atom. The van der Waals surface area contributed by atoms with Crippen molar-refractivity contribution in [2.24, 2.45) is 0 Å². The van der Waals surface area contributed by atoms with E-state index in [9.17, 15) is 14.7 Å². The quantitative estimate of drug-likeness (QED) is 0.302. The van der Waals surface area contributed by atoms with Crippen molar-refractivity contribution in [2.45, 2.75) is 6.04 Å². The van der Waals surface area contributed by atoms with Gasteiger partial charge in [0.2, 0.25) is 0 Å². The molecule has 0 saturated carbocycles. The highest BCUT2D eigenvalue weighted by molar-refractivity contribution is 6.46. The molecule has 1 aliphatic rings. The largest absolute Gasteiger partial charge is 0.507 e. The van der Waals surface area contributed by atoms with Crippen LogP contribution < -0.4 is 9.47 Å². The Morgan fingerprint density at radius 3 is 2.26 bits per heavy atom. The maximum Gasteiger partial charge on any atom is 0.295 e. The number of hydrogen-bond acceptors (Lipinski definition) is 6. The van der Waals surface area contributed by atoms with Crippen molar-refractivity contribution in [3.63, 3.8) is 0 Å². The molecule has 0 radical (unpaired) electrons. The van der Waals surface area contributed by atoms with Crippen LogP contribution in [0.1, 0.15) is 17.2 Å². The zero-order chi connectivity index (χ0) is 24.1. The van der Waals surface area contributed by atoms with Crippen LogP contribution in [-0.2, 0) is 14.3 Å². The molecule has 3 aromatic carbocycles. The van der Waals surface area contributed by atoms with Gasteiger partial charge in [-0.2, -0.15) is 0 Å². The van der Waals surface area contributed by atoms with Gasteiger partial charge in [-0.15, -0.1) is 0 Å². The van der Waals surface area contributed by atoms with E-state index in [0.29, 0.717) is 28.4 Å². The van der Waals surface area contributed by atoms with Crippen molar-refractivity contribution in [3.05, 3.63) is 95.6 Å². The Balaban J connectivity index is 1.78. The molecule has 0 spiro atoms. The number of carbonyl (C=O) groups is 2. The predicted molar refractivity (Wildman–Crippen MR) is 127 cm³/mol. The summed E-state index contributed by atoms with van der Waals surface area (Å²) in [5, 5.41) is 11.1. The van der Waals surface area contributed by atoms with Crippen LogP contribution in [0.4, 0.5) is 0 Å². The minimum atomic E-state index is -0.795. The normalized spacial score (nSPS) is 17.1. The first-order valence-electron chi connectivity index (χ1n) is 10.8. The highest BCUT2D eigenvalue weighted by Crippen LogP contribution is 2.40. The fourth-order valence-electron chi connectivity index (χ4n) is 3.92. The standard InChI is InChI=1S/C27H25NO6/c1-32-16-15-28-24(19-7-6-10-22(17-19)34-21-8-4-3-5-9-21)23(26(30)27(28)31)25(29)18-11-13-20(33-2)14-12-18/h3-14,17,24,29H,15-16H2,1-2H3/b25-23+. The lowest BCUT2D eigenvalue weighted by Crippen LogP contribution is -2.32. The maximum absolute atomic E-state index is 13.1. The third-order valence-corrected chi connectivity index (χ3v) is 5.59. The summed E-state index contributed by atoms with van der Waals surface area (Å²) in [6.07, 6.45) is 0. The van der Waals surface area contributed by atoms with Gasteiger partial charge in [-0.05, 0) is 54.1 Å². The van der Waals surface area contributed by atoms with Gasteiger partial charge in [0.1, 0.15) is 23.0 Å². The zero-order valence-electron chi connectivity index (χ0n) is 18.9. The smallest absolute Gasteiger partial charge is 0.295 e. The molecule has 1 unspecified atom stereocenters. The lowest BCUT2D eigenvalue weighted by atomic mass is 9.95. The van der Waals surface area contributed by atoms with E-state index in [4.69, 9.17) is 14.2 Å². The molecule has 0 bridgehead atoms. The van der Waals surface area contributed by atoms with E-state index in [1.165, 1.54) is 12.0 Å². The van der Waals surface area contributed by atoms with Gasteiger partial charge in [0.05, 0.1) is 25.3 Å². The second-order valence-electron chi connectivity index (χ2n) is 7.70. The minimum absolute atomic E-state index is 0.0168. The van der Waals surface area contributed by atoms with Crippen LogP contribution in [0.3, 0.4) is 0 Å². The number of aliphatic hydroxyl groups excluding tert-OH is 1. The van der Waals surface area contributed by atoms with Crippen molar-refractivity contribution in [1.29, 1.82) is 0 Å². The number of carbonyl (C=O) groups excluding carboxylic acids is 2. The fourth-order valence-corrected chi connectivity index (χ4v) is 3.92. The monoisotopic (exact) mass is 459 g/mol. The molecule has 1 N–H and O–H groups in total. The summed E-state index contributed by atoms with van der Waals surface area (Å²) in [4.78, 5) is 27.4. The highest BCUT2D eigenvalue weighted by Gasteiger charge is 2.46. The number of likely N-dealkylation sites (tertiary alicyclic amines) is 1. The van der Waals surface area contributed by atoms with E-state index in [1.54, 1.807) is 55.6 Å². The number of rotatable bonds is 8. The van der Waals surface area contributed by atoms with Crippen LogP contribution in [-0.4, -0.2) is 49.1 Å². The molecule has 7 heteroatoms. The summed E-state index contributed by atoms with van der Waals surface area (Å²) in [5.41, 5.74) is 1.06. The van der Waals surface area contributed by atoms with Gasteiger partial charge in [0.15, 0.2) is 0 Å². The predicted octanol–water partition coefficient (Wildman–Crippen LogP) is 4.56. The molecule has 1 heterocycles. The van der Waals surface area contributed by atoms with Crippen LogP contribution in [0.15, 0.2) is 84.4 Å². The first-order valence-corrected chi connectivity index (χ1v) is 10.8. The molecular formula is C27H25NO6. The number of amides is 1. The lowest BCUT2D eigenvalue weighted by Gasteiger charge is -2.25. The average molecular weight is 459 g/mol. The van der Waals surface area contributed by atoms with Gasteiger partial charge >= 0.3 is 0 Å². The van der Waals surface area contributed by atoms with Crippen molar-refractivity contribution >= 4 is 17.4 Å². The molecule has 34 heavy (non-hydrogen) atoms. The van der Waals surface area contributed by atoms with Gasteiger partial charge in [-0.1, -0.05) is 30.3 Å². The topological polar surface area (TPSA) is 85.3 Å². The highest BCUT2D eigenvalue weighted by atomic mass is 16.5. The lowest BCUT2D eigenvalue weighted by molar-refractivity contribution is -0.140. The molecule has 0 aromatic heterocycles. The Labute approximate surface area is 197 Å². The van der Waals surface area contributed by atoms with Gasteiger partial charge < -0.3 is 24.2 Å². The molecule has 1 aliphatic heterocycles. The average Bonchev–Trinajstić information content (AvgIpc) is 3.12. The molecule has 1 atom stereocenters. The molecule has 3 aromatic rings. The summed E-state index contributed by atoms with van der Waals surface area (Å²) in [7, 11) is 3.07. The van der Waals surface area contributed by atoms with Gasteiger partial charge in [0.25, 0.3) is 11.7 Å². The molecule has 7 nitrogen and oxygen atoms in total. The molecule has 0 aliphatic carbocycles. The van der Waals surface area contributed by atoms with Crippen LogP contribution in [0.5, 0.6) is 17.2 Å². The molecule has 1 saturated heterocycles. The van der Waals surface area contributed by atoms with E-state index in [0.717, 1.165) is 0 Å². The summed E-state index contributed by atoms with van der Waals surface area (Å²) in [6, 6.07) is 22.3. The first-order chi connectivity index (χ1) is 16.5. The molecule has 4 rings (SSSR count).